The molecule has 0 aromatic heterocycles. The molecule has 1 aromatic rings. The first-order valence-electron chi connectivity index (χ1n) is 7.60. The Morgan fingerprint density at radius 1 is 1.17 bits per heavy atom. The van der Waals surface area contributed by atoms with E-state index >= 15 is 0 Å². The van der Waals surface area contributed by atoms with E-state index in [1.165, 1.54) is 0 Å². The van der Waals surface area contributed by atoms with Crippen LogP contribution in [0, 0.1) is 5.92 Å². The summed E-state index contributed by atoms with van der Waals surface area (Å²) in [5, 5.41) is 16.7. The van der Waals surface area contributed by atoms with E-state index in [4.69, 9.17) is 5.11 Å². The molecule has 1 atom stereocenters. The SMILES string of the molecule is CC(C)C[C@H](NC(=O)CCNC(=O)Nc1ccc(Br)cc1)C(=O)O. The molecule has 0 aliphatic carbocycles. The van der Waals surface area contributed by atoms with Gasteiger partial charge in [0.25, 0.3) is 0 Å². The molecular formula is C16H22BrN3O4. The Morgan fingerprint density at radius 3 is 2.33 bits per heavy atom. The van der Waals surface area contributed by atoms with Gasteiger partial charge in [-0.25, -0.2) is 9.59 Å². The summed E-state index contributed by atoms with van der Waals surface area (Å²) in [5.41, 5.74) is 0.628. The van der Waals surface area contributed by atoms with Gasteiger partial charge in [-0.3, -0.25) is 4.79 Å². The van der Waals surface area contributed by atoms with E-state index < -0.39 is 23.9 Å². The lowest BCUT2D eigenvalue weighted by atomic mass is 10.0. The number of anilines is 1. The van der Waals surface area contributed by atoms with Gasteiger partial charge in [0.15, 0.2) is 0 Å². The summed E-state index contributed by atoms with van der Waals surface area (Å²) in [5.74, 6) is -1.31. The molecule has 24 heavy (non-hydrogen) atoms. The number of rotatable bonds is 8. The zero-order chi connectivity index (χ0) is 18.1. The number of carbonyl (C=O) groups excluding carboxylic acids is 2. The van der Waals surface area contributed by atoms with Crippen molar-refractivity contribution in [3.05, 3.63) is 28.7 Å². The number of benzene rings is 1. The van der Waals surface area contributed by atoms with Crippen LogP contribution in [0.2, 0.25) is 0 Å². The van der Waals surface area contributed by atoms with Crippen LogP contribution < -0.4 is 16.0 Å². The predicted octanol–water partition coefficient (Wildman–Crippen LogP) is 2.58. The number of halogens is 1. The lowest BCUT2D eigenvalue weighted by molar-refractivity contribution is -0.142. The summed E-state index contributed by atoms with van der Waals surface area (Å²) in [6, 6.07) is 5.73. The van der Waals surface area contributed by atoms with Crippen LogP contribution in [0.1, 0.15) is 26.7 Å². The number of carbonyl (C=O) groups is 3. The van der Waals surface area contributed by atoms with Crippen LogP contribution in [0.3, 0.4) is 0 Å². The van der Waals surface area contributed by atoms with Gasteiger partial charge in [-0.15, -0.1) is 0 Å². The quantitative estimate of drug-likeness (QED) is 0.538. The van der Waals surface area contributed by atoms with Gasteiger partial charge in [-0.2, -0.15) is 0 Å². The minimum atomic E-state index is -1.06. The molecule has 0 saturated carbocycles. The molecule has 0 radical (unpaired) electrons. The third-order valence-electron chi connectivity index (χ3n) is 3.08. The Morgan fingerprint density at radius 2 is 1.79 bits per heavy atom. The molecule has 0 heterocycles. The molecule has 0 bridgehead atoms. The van der Waals surface area contributed by atoms with Crippen molar-refractivity contribution in [1.29, 1.82) is 0 Å². The second-order valence-electron chi connectivity index (χ2n) is 5.73. The van der Waals surface area contributed by atoms with Crippen LogP contribution in [0.25, 0.3) is 0 Å². The molecule has 0 aliphatic rings. The highest BCUT2D eigenvalue weighted by atomic mass is 79.9. The summed E-state index contributed by atoms with van der Waals surface area (Å²) in [4.78, 5) is 34.5. The number of amides is 3. The first-order chi connectivity index (χ1) is 11.3. The Balaban J connectivity index is 2.32. The second kappa shape index (κ2) is 9.92. The van der Waals surface area contributed by atoms with E-state index in [1.54, 1.807) is 24.3 Å². The average Bonchev–Trinajstić information content (AvgIpc) is 2.48. The lowest BCUT2D eigenvalue weighted by Gasteiger charge is -2.16. The first-order valence-corrected chi connectivity index (χ1v) is 8.39. The number of hydrogen-bond acceptors (Lipinski definition) is 3. The highest BCUT2D eigenvalue weighted by Gasteiger charge is 2.20. The van der Waals surface area contributed by atoms with E-state index in [0.29, 0.717) is 12.1 Å². The lowest BCUT2D eigenvalue weighted by Crippen LogP contribution is -2.43. The van der Waals surface area contributed by atoms with Crippen molar-refractivity contribution in [2.75, 3.05) is 11.9 Å². The predicted molar refractivity (Wildman–Crippen MR) is 94.8 cm³/mol. The average molecular weight is 400 g/mol. The Bertz CT molecular complexity index is 575. The normalized spacial score (nSPS) is 11.7. The smallest absolute Gasteiger partial charge is 0.326 e. The molecule has 3 amide bonds. The fourth-order valence-electron chi connectivity index (χ4n) is 1.96. The molecule has 4 N–H and O–H groups in total. The summed E-state index contributed by atoms with van der Waals surface area (Å²) >= 11 is 3.30. The van der Waals surface area contributed by atoms with E-state index in [-0.39, 0.29) is 18.9 Å². The fraction of sp³-hybridized carbons (Fsp3) is 0.438. The number of carboxylic acids is 1. The maximum Gasteiger partial charge on any atom is 0.326 e. The van der Waals surface area contributed by atoms with Crippen LogP contribution in [0.4, 0.5) is 10.5 Å². The van der Waals surface area contributed by atoms with Crippen molar-refractivity contribution < 1.29 is 19.5 Å². The van der Waals surface area contributed by atoms with E-state index in [1.807, 2.05) is 13.8 Å². The van der Waals surface area contributed by atoms with Crippen LogP contribution in [-0.4, -0.2) is 35.6 Å². The third-order valence-corrected chi connectivity index (χ3v) is 3.61. The van der Waals surface area contributed by atoms with Crippen LogP contribution in [-0.2, 0) is 9.59 Å². The highest BCUT2D eigenvalue weighted by Crippen LogP contribution is 2.13. The zero-order valence-electron chi connectivity index (χ0n) is 13.6. The van der Waals surface area contributed by atoms with E-state index in [2.05, 4.69) is 31.9 Å². The molecule has 8 heteroatoms. The van der Waals surface area contributed by atoms with Gasteiger partial charge in [-0.05, 0) is 36.6 Å². The summed E-state index contributed by atoms with van der Waals surface area (Å²) in [6.45, 7) is 3.88. The third kappa shape index (κ3) is 7.96. The fourth-order valence-corrected chi connectivity index (χ4v) is 2.22. The van der Waals surface area contributed by atoms with Crippen molar-refractivity contribution in [1.82, 2.24) is 10.6 Å². The highest BCUT2D eigenvalue weighted by molar-refractivity contribution is 9.10. The summed E-state index contributed by atoms with van der Waals surface area (Å²) in [7, 11) is 0. The molecule has 1 rings (SSSR count). The van der Waals surface area contributed by atoms with Gasteiger partial charge in [-0.1, -0.05) is 29.8 Å². The molecule has 7 nitrogen and oxygen atoms in total. The minimum Gasteiger partial charge on any atom is -0.480 e. The van der Waals surface area contributed by atoms with E-state index in [0.717, 1.165) is 4.47 Å². The molecule has 132 valence electrons. The Hall–Kier alpha value is -2.09. The zero-order valence-corrected chi connectivity index (χ0v) is 15.2. The van der Waals surface area contributed by atoms with Gasteiger partial charge in [0.1, 0.15) is 6.04 Å². The Kier molecular flexibility index (Phi) is 8.25. The van der Waals surface area contributed by atoms with Gasteiger partial charge in [0.2, 0.25) is 5.91 Å². The standard InChI is InChI=1S/C16H22BrN3O4/c1-10(2)9-13(15(22)23)20-14(21)7-8-18-16(24)19-12-5-3-11(17)4-6-12/h3-6,10,13H,7-9H2,1-2H3,(H,20,21)(H,22,23)(H2,18,19,24)/t13-/m0/s1. The maximum atomic E-state index is 11.8. The number of aliphatic carboxylic acids is 1. The number of carboxylic acid groups (broad SMARTS) is 1. The van der Waals surface area contributed by atoms with Crippen molar-refractivity contribution in [2.45, 2.75) is 32.7 Å². The second-order valence-corrected chi connectivity index (χ2v) is 6.64. The largest absolute Gasteiger partial charge is 0.480 e. The molecule has 0 aliphatic heterocycles. The first kappa shape index (κ1) is 20.0. The van der Waals surface area contributed by atoms with Crippen LogP contribution in [0.5, 0.6) is 0 Å². The Labute approximate surface area is 149 Å². The molecular weight excluding hydrogens is 378 g/mol. The van der Waals surface area contributed by atoms with Gasteiger partial charge in [0, 0.05) is 23.1 Å². The number of hydrogen-bond donors (Lipinski definition) is 4. The van der Waals surface area contributed by atoms with Gasteiger partial charge < -0.3 is 21.1 Å². The summed E-state index contributed by atoms with van der Waals surface area (Å²) in [6.07, 6.45) is 0.369. The maximum absolute atomic E-state index is 11.8. The topological polar surface area (TPSA) is 108 Å². The van der Waals surface area contributed by atoms with Crippen LogP contribution in [0.15, 0.2) is 28.7 Å². The summed E-state index contributed by atoms with van der Waals surface area (Å²) < 4.78 is 0.902. The molecule has 0 fully saturated rings. The molecule has 0 spiro atoms. The number of urea groups is 1. The minimum absolute atomic E-state index is 0.00956. The van der Waals surface area contributed by atoms with Gasteiger partial charge >= 0.3 is 12.0 Å². The monoisotopic (exact) mass is 399 g/mol. The molecule has 1 aromatic carbocycles. The van der Waals surface area contributed by atoms with Crippen molar-refractivity contribution in [2.24, 2.45) is 5.92 Å². The number of nitrogens with one attached hydrogen (secondary N) is 3. The van der Waals surface area contributed by atoms with Crippen molar-refractivity contribution >= 4 is 39.5 Å². The van der Waals surface area contributed by atoms with Crippen LogP contribution >= 0.6 is 15.9 Å². The molecule has 0 unspecified atom stereocenters. The van der Waals surface area contributed by atoms with Crippen molar-refractivity contribution in [3.8, 4) is 0 Å². The molecule has 0 saturated heterocycles. The van der Waals surface area contributed by atoms with Gasteiger partial charge in [0.05, 0.1) is 0 Å². The van der Waals surface area contributed by atoms with E-state index in [9.17, 15) is 14.4 Å². The van der Waals surface area contributed by atoms with Crippen molar-refractivity contribution in [3.63, 3.8) is 0 Å².